The second kappa shape index (κ2) is 11.1. The number of aryl methyl sites for hydroxylation is 1. The van der Waals surface area contributed by atoms with Gasteiger partial charge in [0.15, 0.2) is 23.9 Å². The molecule has 2 rings (SSSR count). The van der Waals surface area contributed by atoms with Gasteiger partial charge in [-0.25, -0.2) is 9.48 Å². The fourth-order valence-corrected chi connectivity index (χ4v) is 2.53. The summed E-state index contributed by atoms with van der Waals surface area (Å²) in [5, 5.41) is 11.5. The van der Waals surface area contributed by atoms with Crippen LogP contribution in [-0.4, -0.2) is 46.0 Å². The maximum absolute atomic E-state index is 12.6. The number of rotatable bonds is 12. The smallest absolute Gasteiger partial charge is 0.338 e. The van der Waals surface area contributed by atoms with E-state index in [0.717, 1.165) is 12.8 Å². The summed E-state index contributed by atoms with van der Waals surface area (Å²) in [5.74, 6) is 1.34. The molecule has 0 N–H and O–H groups in total. The molecule has 0 aliphatic carbocycles. The average Bonchev–Trinajstić information content (AvgIpc) is 3.14. The number of aromatic nitrogens is 4. The van der Waals surface area contributed by atoms with E-state index >= 15 is 0 Å². The van der Waals surface area contributed by atoms with E-state index in [0.29, 0.717) is 55.0 Å². The van der Waals surface area contributed by atoms with Crippen LogP contribution in [0.1, 0.15) is 56.7 Å². The van der Waals surface area contributed by atoms with Crippen LogP contribution < -0.4 is 14.2 Å². The van der Waals surface area contributed by atoms with Crippen molar-refractivity contribution in [3.05, 3.63) is 23.5 Å². The third kappa shape index (κ3) is 5.58. The van der Waals surface area contributed by atoms with Crippen molar-refractivity contribution in [1.82, 2.24) is 20.2 Å². The van der Waals surface area contributed by atoms with E-state index in [9.17, 15) is 4.79 Å². The first-order valence-electron chi connectivity index (χ1n) is 9.63. The Morgan fingerprint density at radius 3 is 2.21 bits per heavy atom. The summed E-state index contributed by atoms with van der Waals surface area (Å²) in [6.07, 6.45) is 1.96. The summed E-state index contributed by atoms with van der Waals surface area (Å²) < 4.78 is 24.0. The van der Waals surface area contributed by atoms with Crippen LogP contribution in [0.25, 0.3) is 0 Å². The molecule has 154 valence electrons. The second-order valence-electron chi connectivity index (χ2n) is 5.85. The molecule has 0 aliphatic heterocycles. The number of unbranched alkanes of at least 4 members (excludes halogenated alkanes) is 1. The zero-order chi connectivity index (χ0) is 20.4. The van der Waals surface area contributed by atoms with Crippen LogP contribution in [0, 0.1) is 0 Å². The second-order valence-corrected chi connectivity index (χ2v) is 5.85. The van der Waals surface area contributed by atoms with Crippen LogP contribution in [0.5, 0.6) is 17.2 Å². The third-order valence-electron chi connectivity index (χ3n) is 3.81. The van der Waals surface area contributed by atoms with Crippen molar-refractivity contribution in [2.24, 2.45) is 0 Å². The summed E-state index contributed by atoms with van der Waals surface area (Å²) in [5.41, 5.74) is 0.308. The number of hydrogen-bond donors (Lipinski definition) is 0. The molecule has 2 aromatic rings. The summed E-state index contributed by atoms with van der Waals surface area (Å²) >= 11 is 0. The van der Waals surface area contributed by atoms with Gasteiger partial charge in [0.05, 0.1) is 25.4 Å². The van der Waals surface area contributed by atoms with Crippen LogP contribution in [0.4, 0.5) is 0 Å². The van der Waals surface area contributed by atoms with E-state index in [1.165, 1.54) is 0 Å². The molecule has 9 heteroatoms. The molecule has 9 nitrogen and oxygen atoms in total. The zero-order valence-corrected chi connectivity index (χ0v) is 16.9. The van der Waals surface area contributed by atoms with Crippen LogP contribution in [0.3, 0.4) is 0 Å². The van der Waals surface area contributed by atoms with Gasteiger partial charge < -0.3 is 18.9 Å². The SMILES string of the molecule is CCCCn1nnnc1COC(=O)c1cc(OCC)c(OCC)c(OCC)c1. The Morgan fingerprint density at radius 1 is 1.00 bits per heavy atom. The Kier molecular flexibility index (Phi) is 8.51. The van der Waals surface area contributed by atoms with Gasteiger partial charge in [-0.1, -0.05) is 13.3 Å². The maximum Gasteiger partial charge on any atom is 0.338 e. The molecule has 28 heavy (non-hydrogen) atoms. The number of hydrogen-bond acceptors (Lipinski definition) is 8. The van der Waals surface area contributed by atoms with Gasteiger partial charge in [0, 0.05) is 6.54 Å². The Labute approximate surface area is 164 Å². The largest absolute Gasteiger partial charge is 0.490 e. The minimum Gasteiger partial charge on any atom is -0.490 e. The van der Waals surface area contributed by atoms with Crippen molar-refractivity contribution >= 4 is 5.97 Å². The van der Waals surface area contributed by atoms with E-state index in [1.54, 1.807) is 16.8 Å². The highest BCUT2D eigenvalue weighted by Crippen LogP contribution is 2.39. The molecule has 0 saturated heterocycles. The molecular weight excluding hydrogens is 364 g/mol. The molecule has 0 radical (unpaired) electrons. The highest BCUT2D eigenvalue weighted by atomic mass is 16.5. The number of carbonyl (C=O) groups excluding carboxylic acids is 1. The lowest BCUT2D eigenvalue weighted by Crippen LogP contribution is -2.12. The summed E-state index contributed by atoms with van der Waals surface area (Å²) in [6.45, 7) is 9.64. The zero-order valence-electron chi connectivity index (χ0n) is 16.9. The van der Waals surface area contributed by atoms with Crippen molar-refractivity contribution in [2.45, 2.75) is 53.7 Å². The highest BCUT2D eigenvalue weighted by Gasteiger charge is 2.20. The summed E-state index contributed by atoms with van der Waals surface area (Å²) in [7, 11) is 0. The number of ether oxygens (including phenoxy) is 4. The standard InChI is InChI=1S/C19H28N4O5/c1-5-9-10-23-17(20-21-22-23)13-28-19(24)14-11-15(25-6-2)18(27-8-4)16(12-14)26-7-3/h11-12H,5-10,13H2,1-4H3. The van der Waals surface area contributed by atoms with Crippen molar-refractivity contribution in [3.8, 4) is 17.2 Å². The van der Waals surface area contributed by atoms with E-state index < -0.39 is 5.97 Å². The number of esters is 1. The number of nitrogens with zero attached hydrogens (tertiary/aromatic N) is 4. The van der Waals surface area contributed by atoms with Crippen molar-refractivity contribution in [2.75, 3.05) is 19.8 Å². The fraction of sp³-hybridized carbons (Fsp3) is 0.579. The molecule has 0 aliphatic rings. The Morgan fingerprint density at radius 2 is 1.64 bits per heavy atom. The molecule has 1 heterocycles. The quantitative estimate of drug-likeness (QED) is 0.509. The van der Waals surface area contributed by atoms with Gasteiger partial charge in [0.2, 0.25) is 5.75 Å². The minimum absolute atomic E-state index is 0.0172. The number of carbonyl (C=O) groups is 1. The van der Waals surface area contributed by atoms with E-state index in [1.807, 2.05) is 20.8 Å². The minimum atomic E-state index is -0.519. The summed E-state index contributed by atoms with van der Waals surface area (Å²) in [6, 6.07) is 3.19. The van der Waals surface area contributed by atoms with Crippen molar-refractivity contribution < 1.29 is 23.7 Å². The Bertz CT molecular complexity index is 736. The molecule has 0 atom stereocenters. The lowest BCUT2D eigenvalue weighted by atomic mass is 10.2. The van der Waals surface area contributed by atoms with Crippen LogP contribution in [-0.2, 0) is 17.9 Å². The predicted octanol–water partition coefficient (Wildman–Crippen LogP) is 3.03. The molecule has 0 spiro atoms. The van der Waals surface area contributed by atoms with Crippen LogP contribution in [0.15, 0.2) is 12.1 Å². The monoisotopic (exact) mass is 392 g/mol. The molecular formula is C19H28N4O5. The first kappa shape index (κ1) is 21.5. The normalized spacial score (nSPS) is 10.6. The highest BCUT2D eigenvalue weighted by molar-refractivity contribution is 5.91. The Balaban J connectivity index is 2.18. The van der Waals surface area contributed by atoms with Gasteiger partial charge in [-0.2, -0.15) is 0 Å². The lowest BCUT2D eigenvalue weighted by Gasteiger charge is -2.16. The van der Waals surface area contributed by atoms with Crippen LogP contribution in [0.2, 0.25) is 0 Å². The number of benzene rings is 1. The molecule has 0 unspecified atom stereocenters. The Hall–Kier alpha value is -2.84. The first-order chi connectivity index (χ1) is 13.6. The molecule has 1 aromatic carbocycles. The molecule has 0 fully saturated rings. The predicted molar refractivity (Wildman–Crippen MR) is 102 cm³/mol. The van der Waals surface area contributed by atoms with E-state index in [4.69, 9.17) is 18.9 Å². The van der Waals surface area contributed by atoms with Gasteiger partial charge >= 0.3 is 5.97 Å². The topological polar surface area (TPSA) is 97.6 Å². The summed E-state index contributed by atoms with van der Waals surface area (Å²) in [4.78, 5) is 12.6. The molecule has 0 bridgehead atoms. The fourth-order valence-electron chi connectivity index (χ4n) is 2.53. The molecule has 0 saturated carbocycles. The van der Waals surface area contributed by atoms with Crippen LogP contribution >= 0.6 is 0 Å². The molecule has 1 aromatic heterocycles. The van der Waals surface area contributed by atoms with Crippen molar-refractivity contribution in [3.63, 3.8) is 0 Å². The number of tetrazole rings is 1. The average molecular weight is 392 g/mol. The van der Waals surface area contributed by atoms with E-state index in [-0.39, 0.29) is 6.61 Å². The maximum atomic E-state index is 12.6. The van der Waals surface area contributed by atoms with Gasteiger partial charge in [0.25, 0.3) is 0 Å². The van der Waals surface area contributed by atoms with Gasteiger partial charge in [-0.05, 0) is 49.8 Å². The van der Waals surface area contributed by atoms with E-state index in [2.05, 4.69) is 22.4 Å². The first-order valence-corrected chi connectivity index (χ1v) is 9.63. The van der Waals surface area contributed by atoms with Gasteiger partial charge in [0.1, 0.15) is 0 Å². The van der Waals surface area contributed by atoms with Gasteiger partial charge in [-0.3, -0.25) is 0 Å². The van der Waals surface area contributed by atoms with Crippen molar-refractivity contribution in [1.29, 1.82) is 0 Å². The molecule has 0 amide bonds. The lowest BCUT2D eigenvalue weighted by molar-refractivity contribution is 0.0455. The third-order valence-corrected chi connectivity index (χ3v) is 3.81. The van der Waals surface area contributed by atoms with Gasteiger partial charge in [-0.15, -0.1) is 5.10 Å².